The third-order valence-electron chi connectivity index (χ3n) is 3.95. The van der Waals surface area contributed by atoms with Crippen LogP contribution in [-0.2, 0) is 11.3 Å². The number of carbonyl (C=O) groups is 2. The fourth-order valence-electron chi connectivity index (χ4n) is 2.60. The van der Waals surface area contributed by atoms with Crippen molar-refractivity contribution in [2.45, 2.75) is 13.5 Å². The first-order chi connectivity index (χ1) is 13.9. The summed E-state index contributed by atoms with van der Waals surface area (Å²) < 4.78 is 6.70. The van der Waals surface area contributed by atoms with Gasteiger partial charge in [-0.2, -0.15) is 5.10 Å². The molecule has 3 aromatic rings. The van der Waals surface area contributed by atoms with E-state index in [4.69, 9.17) is 4.42 Å². The topological polar surface area (TPSA) is 153 Å². The predicted octanol–water partition coefficient (Wildman–Crippen LogP) is 2.21. The van der Waals surface area contributed by atoms with Crippen molar-refractivity contribution in [3.8, 4) is 11.3 Å². The maximum atomic E-state index is 12.0. The second-order valence-corrected chi connectivity index (χ2v) is 5.85. The fourth-order valence-corrected chi connectivity index (χ4v) is 2.60. The molecule has 0 aliphatic carbocycles. The highest BCUT2D eigenvalue weighted by Crippen LogP contribution is 2.25. The van der Waals surface area contributed by atoms with Gasteiger partial charge < -0.3 is 19.6 Å². The van der Waals surface area contributed by atoms with Gasteiger partial charge in [-0.15, -0.1) is 0 Å². The normalized spacial score (nSPS) is 10.9. The van der Waals surface area contributed by atoms with E-state index in [1.807, 2.05) is 0 Å². The van der Waals surface area contributed by atoms with Gasteiger partial charge >= 0.3 is 11.8 Å². The van der Waals surface area contributed by atoms with Crippen LogP contribution in [0.1, 0.15) is 21.9 Å². The van der Waals surface area contributed by atoms with Crippen LogP contribution in [0, 0.1) is 17.0 Å². The van der Waals surface area contributed by atoms with E-state index in [9.17, 15) is 24.8 Å². The molecule has 0 unspecified atom stereocenters. The number of carbonyl (C=O) groups excluding carboxylic acids is 1. The van der Waals surface area contributed by atoms with Crippen molar-refractivity contribution in [1.29, 1.82) is 0 Å². The first-order valence-corrected chi connectivity index (χ1v) is 8.27. The molecule has 1 amide bonds. The molecule has 2 aromatic heterocycles. The zero-order valence-electron chi connectivity index (χ0n) is 15.1. The van der Waals surface area contributed by atoms with E-state index in [1.54, 1.807) is 37.3 Å². The highest BCUT2D eigenvalue weighted by Gasteiger charge is 2.20. The summed E-state index contributed by atoms with van der Waals surface area (Å²) in [5, 5.41) is 23.9. The Balaban J connectivity index is 1.67. The van der Waals surface area contributed by atoms with Crippen molar-refractivity contribution >= 4 is 23.9 Å². The second-order valence-electron chi connectivity index (χ2n) is 5.85. The van der Waals surface area contributed by atoms with Gasteiger partial charge in [-0.3, -0.25) is 4.79 Å². The van der Waals surface area contributed by atoms with E-state index in [1.165, 1.54) is 12.3 Å². The number of imidazole rings is 1. The quantitative estimate of drug-likeness (QED) is 0.352. The van der Waals surface area contributed by atoms with Crippen LogP contribution < -0.4 is 5.43 Å². The number of nitrogens with one attached hydrogen (secondary N) is 1. The molecule has 0 radical (unpaired) electrons. The molecule has 11 nitrogen and oxygen atoms in total. The molecule has 0 bridgehead atoms. The number of hydrazone groups is 1. The molecule has 0 spiro atoms. The summed E-state index contributed by atoms with van der Waals surface area (Å²) >= 11 is 0. The minimum Gasteiger partial charge on any atom is -0.478 e. The lowest BCUT2D eigenvalue weighted by molar-refractivity contribution is -0.392. The van der Waals surface area contributed by atoms with Gasteiger partial charge in [0.2, 0.25) is 0 Å². The van der Waals surface area contributed by atoms with Crippen LogP contribution in [0.2, 0.25) is 0 Å². The van der Waals surface area contributed by atoms with Crippen LogP contribution in [0.5, 0.6) is 0 Å². The van der Waals surface area contributed by atoms with E-state index < -0.39 is 16.8 Å². The monoisotopic (exact) mass is 397 g/mol. The number of carboxylic acids is 1. The fraction of sp³-hybridized carbons (Fsp3) is 0.111. The average Bonchev–Trinajstić information content (AvgIpc) is 3.29. The van der Waals surface area contributed by atoms with Gasteiger partial charge in [0.15, 0.2) is 12.4 Å². The van der Waals surface area contributed by atoms with Crippen LogP contribution in [0.4, 0.5) is 5.82 Å². The maximum Gasteiger partial charge on any atom is 0.343 e. The van der Waals surface area contributed by atoms with Crippen LogP contribution in [0.15, 0.2) is 52.1 Å². The molecule has 0 atom stereocenters. The molecule has 3 rings (SSSR count). The Morgan fingerprint density at radius 2 is 2.10 bits per heavy atom. The number of amides is 1. The number of nitrogens with zero attached hydrogens (tertiary/aromatic N) is 4. The average molecular weight is 397 g/mol. The van der Waals surface area contributed by atoms with Gasteiger partial charge in [0.1, 0.15) is 17.7 Å². The third kappa shape index (κ3) is 4.35. The number of aromatic nitrogens is 2. The van der Waals surface area contributed by atoms with Crippen LogP contribution in [0.25, 0.3) is 11.3 Å². The summed E-state index contributed by atoms with van der Waals surface area (Å²) in [6.45, 7) is 1.22. The van der Waals surface area contributed by atoms with Crippen LogP contribution >= 0.6 is 0 Å². The van der Waals surface area contributed by atoms with Gasteiger partial charge in [0.05, 0.1) is 11.8 Å². The van der Waals surface area contributed by atoms with Gasteiger partial charge in [-0.25, -0.2) is 19.8 Å². The van der Waals surface area contributed by atoms with Crippen molar-refractivity contribution < 1.29 is 24.0 Å². The van der Waals surface area contributed by atoms with E-state index in [0.29, 0.717) is 17.1 Å². The Morgan fingerprint density at radius 1 is 1.34 bits per heavy atom. The zero-order chi connectivity index (χ0) is 21.0. The molecule has 0 saturated heterocycles. The minimum absolute atomic E-state index is 0.0935. The van der Waals surface area contributed by atoms with Crippen molar-refractivity contribution in [3.63, 3.8) is 0 Å². The molecule has 11 heteroatoms. The number of furan rings is 1. The van der Waals surface area contributed by atoms with Crippen molar-refractivity contribution in [2.75, 3.05) is 0 Å². The molecule has 0 fully saturated rings. The number of hydrogen-bond acceptors (Lipinski definition) is 7. The Bertz CT molecular complexity index is 1110. The summed E-state index contributed by atoms with van der Waals surface area (Å²) in [6, 6.07) is 9.53. The Kier molecular flexibility index (Phi) is 5.49. The predicted molar refractivity (Wildman–Crippen MR) is 100 cm³/mol. The lowest BCUT2D eigenvalue weighted by atomic mass is 10.1. The molecule has 2 heterocycles. The van der Waals surface area contributed by atoms with E-state index in [2.05, 4.69) is 15.5 Å². The molecule has 0 aliphatic rings. The largest absolute Gasteiger partial charge is 0.478 e. The van der Waals surface area contributed by atoms with E-state index in [0.717, 1.165) is 10.8 Å². The van der Waals surface area contributed by atoms with Gasteiger partial charge in [0, 0.05) is 12.5 Å². The van der Waals surface area contributed by atoms with Gasteiger partial charge in [-0.05, 0) is 23.1 Å². The molecular weight excluding hydrogens is 382 g/mol. The minimum atomic E-state index is -1.08. The molecular formula is C18H15N5O6. The first-order valence-electron chi connectivity index (χ1n) is 8.27. The lowest BCUT2D eigenvalue weighted by Gasteiger charge is -2.02. The van der Waals surface area contributed by atoms with Crippen LogP contribution in [-0.4, -0.2) is 37.7 Å². The lowest BCUT2D eigenvalue weighted by Crippen LogP contribution is -2.24. The summed E-state index contributed by atoms with van der Waals surface area (Å²) in [7, 11) is 0. The van der Waals surface area contributed by atoms with Crippen molar-refractivity contribution in [1.82, 2.24) is 15.0 Å². The number of nitro groups is 1. The highest BCUT2D eigenvalue weighted by molar-refractivity contribution is 5.95. The number of carboxylic acid groups (broad SMARTS) is 1. The Labute approximate surface area is 163 Å². The standard InChI is InChI=1S/C18H15N5O6/c1-11-19-9-17(23(27)28)22(11)10-16(24)21-20-8-12-6-7-15(29-12)13-4-2-3-5-14(13)18(25)26/h2-9H,10H2,1H3,(H,21,24)(H,25,26). The van der Waals surface area contributed by atoms with Crippen LogP contribution in [0.3, 0.4) is 0 Å². The van der Waals surface area contributed by atoms with Crippen molar-refractivity contribution in [2.24, 2.45) is 5.10 Å². The molecule has 2 N–H and O–H groups in total. The SMILES string of the molecule is Cc1ncc([N+](=O)[O-])n1CC(=O)NN=Cc1ccc(-c2ccccc2C(=O)O)o1. The van der Waals surface area contributed by atoms with Gasteiger partial charge in [0.25, 0.3) is 5.91 Å². The van der Waals surface area contributed by atoms with E-state index in [-0.39, 0.29) is 23.7 Å². The summed E-state index contributed by atoms with van der Waals surface area (Å²) in [6.07, 6.45) is 2.31. The number of rotatable bonds is 7. The molecule has 1 aromatic carbocycles. The molecule has 148 valence electrons. The van der Waals surface area contributed by atoms with Crippen molar-refractivity contribution in [3.05, 3.63) is 69.9 Å². The maximum absolute atomic E-state index is 12.0. The summed E-state index contributed by atoms with van der Waals surface area (Å²) in [5.41, 5.74) is 2.75. The number of hydrogen-bond donors (Lipinski definition) is 2. The first kappa shape index (κ1) is 19.5. The Morgan fingerprint density at radius 3 is 2.83 bits per heavy atom. The van der Waals surface area contributed by atoms with Gasteiger partial charge in [-0.1, -0.05) is 18.2 Å². The number of benzene rings is 1. The Hall–Kier alpha value is -4.28. The smallest absolute Gasteiger partial charge is 0.343 e. The third-order valence-corrected chi connectivity index (χ3v) is 3.95. The summed E-state index contributed by atoms with van der Waals surface area (Å²) in [5.74, 6) is -1.03. The number of aromatic carboxylic acids is 1. The zero-order valence-corrected chi connectivity index (χ0v) is 15.1. The highest BCUT2D eigenvalue weighted by atomic mass is 16.6. The molecule has 0 aliphatic heterocycles. The molecule has 0 saturated carbocycles. The second kappa shape index (κ2) is 8.17. The van der Waals surface area contributed by atoms with E-state index >= 15 is 0 Å². The molecule has 29 heavy (non-hydrogen) atoms. The number of aryl methyl sites for hydroxylation is 1. The summed E-state index contributed by atoms with van der Waals surface area (Å²) in [4.78, 5) is 37.4.